The van der Waals surface area contributed by atoms with Gasteiger partial charge in [0.2, 0.25) is 5.91 Å². The average molecular weight is 336 g/mol. The highest BCUT2D eigenvalue weighted by Gasteiger charge is 2.14. The number of nitrogens with one attached hydrogen (secondary N) is 1. The van der Waals surface area contributed by atoms with Crippen LogP contribution in [-0.4, -0.2) is 18.8 Å². The minimum Gasteiger partial charge on any atom is -0.496 e. The smallest absolute Gasteiger partial charge is 0.230 e. The molecule has 1 amide bonds. The van der Waals surface area contributed by atoms with E-state index in [1.807, 2.05) is 55.5 Å². The maximum absolute atomic E-state index is 12.1. The first kappa shape index (κ1) is 16.7. The van der Waals surface area contributed by atoms with Gasteiger partial charge < -0.3 is 10.1 Å². The number of benzene rings is 2. The molecule has 116 valence electrons. The summed E-state index contributed by atoms with van der Waals surface area (Å²) in [6.45, 7) is 1.94. The van der Waals surface area contributed by atoms with Crippen molar-refractivity contribution in [1.82, 2.24) is 5.32 Å². The largest absolute Gasteiger partial charge is 0.496 e. The van der Waals surface area contributed by atoms with Gasteiger partial charge in [-0.15, -0.1) is 11.8 Å². The number of carbonyl (C=O) groups excluding carboxylic acids is 1. The van der Waals surface area contributed by atoms with Crippen LogP contribution in [0.25, 0.3) is 0 Å². The Hall–Kier alpha value is -1.65. The van der Waals surface area contributed by atoms with E-state index in [0.717, 1.165) is 16.2 Å². The van der Waals surface area contributed by atoms with E-state index in [9.17, 15) is 4.79 Å². The predicted molar refractivity (Wildman–Crippen MR) is 91.7 cm³/mol. The first-order chi connectivity index (χ1) is 10.6. The molecule has 2 rings (SSSR count). The Morgan fingerprint density at radius 3 is 2.64 bits per heavy atom. The number of halogens is 1. The zero-order valence-electron chi connectivity index (χ0n) is 12.5. The lowest BCUT2D eigenvalue weighted by molar-refractivity contribution is -0.119. The number of hydrogen-bond donors (Lipinski definition) is 1. The molecule has 5 heteroatoms. The summed E-state index contributed by atoms with van der Waals surface area (Å²) in [5, 5.41) is 3.64. The molecule has 0 fully saturated rings. The molecule has 1 N–H and O–H groups in total. The van der Waals surface area contributed by atoms with Crippen molar-refractivity contribution in [2.24, 2.45) is 0 Å². The van der Waals surface area contributed by atoms with Gasteiger partial charge in [-0.1, -0.05) is 41.9 Å². The zero-order valence-corrected chi connectivity index (χ0v) is 14.1. The summed E-state index contributed by atoms with van der Waals surface area (Å²) in [4.78, 5) is 13.0. The van der Waals surface area contributed by atoms with E-state index in [0.29, 0.717) is 10.8 Å². The molecule has 2 aromatic carbocycles. The first-order valence-electron chi connectivity index (χ1n) is 6.91. The summed E-state index contributed by atoms with van der Waals surface area (Å²) in [6, 6.07) is 15.1. The quantitative estimate of drug-likeness (QED) is 0.799. The molecule has 2 aromatic rings. The summed E-state index contributed by atoms with van der Waals surface area (Å²) in [5.74, 6) is 1.06. The number of methoxy groups -OCH3 is 1. The summed E-state index contributed by atoms with van der Waals surface area (Å²) < 4.78 is 5.32. The second-order valence-electron chi connectivity index (χ2n) is 4.75. The van der Waals surface area contributed by atoms with E-state index < -0.39 is 0 Å². The third-order valence-electron chi connectivity index (χ3n) is 3.18. The fourth-order valence-electron chi connectivity index (χ4n) is 2.09. The summed E-state index contributed by atoms with van der Waals surface area (Å²) in [7, 11) is 1.63. The molecule has 0 heterocycles. The van der Waals surface area contributed by atoms with Crippen molar-refractivity contribution in [3.05, 3.63) is 59.1 Å². The van der Waals surface area contributed by atoms with Crippen LogP contribution in [0.15, 0.2) is 53.4 Å². The van der Waals surface area contributed by atoms with Crippen molar-refractivity contribution in [1.29, 1.82) is 0 Å². The molecule has 1 atom stereocenters. The molecular weight excluding hydrogens is 318 g/mol. The summed E-state index contributed by atoms with van der Waals surface area (Å²) >= 11 is 7.51. The van der Waals surface area contributed by atoms with Crippen molar-refractivity contribution in [2.75, 3.05) is 12.9 Å². The SMILES string of the molecule is COc1ccccc1C(C)NC(=O)CSc1ccccc1Cl. The lowest BCUT2D eigenvalue weighted by Gasteiger charge is -2.17. The maximum Gasteiger partial charge on any atom is 0.230 e. The number of rotatable bonds is 6. The number of hydrogen-bond acceptors (Lipinski definition) is 3. The topological polar surface area (TPSA) is 38.3 Å². The van der Waals surface area contributed by atoms with Crippen LogP contribution < -0.4 is 10.1 Å². The molecule has 0 aliphatic carbocycles. The number of amides is 1. The molecule has 0 saturated heterocycles. The molecule has 0 aliphatic heterocycles. The van der Waals surface area contributed by atoms with Gasteiger partial charge in [0.25, 0.3) is 0 Å². The lowest BCUT2D eigenvalue weighted by Crippen LogP contribution is -2.28. The molecule has 0 saturated carbocycles. The lowest BCUT2D eigenvalue weighted by atomic mass is 10.1. The van der Waals surface area contributed by atoms with Gasteiger partial charge in [-0.25, -0.2) is 0 Å². The number of carbonyl (C=O) groups is 1. The minimum atomic E-state index is -0.115. The van der Waals surface area contributed by atoms with Crippen LogP contribution >= 0.6 is 23.4 Å². The molecule has 1 unspecified atom stereocenters. The summed E-state index contributed by atoms with van der Waals surface area (Å²) in [6.07, 6.45) is 0. The average Bonchev–Trinajstić information content (AvgIpc) is 2.54. The monoisotopic (exact) mass is 335 g/mol. The van der Waals surface area contributed by atoms with Crippen molar-refractivity contribution in [3.63, 3.8) is 0 Å². The fourth-order valence-corrected chi connectivity index (χ4v) is 3.14. The Balaban J connectivity index is 1.93. The normalized spacial score (nSPS) is 11.8. The van der Waals surface area contributed by atoms with E-state index in [-0.39, 0.29) is 11.9 Å². The second-order valence-corrected chi connectivity index (χ2v) is 6.17. The molecule has 0 radical (unpaired) electrons. The Morgan fingerprint density at radius 1 is 1.23 bits per heavy atom. The van der Waals surface area contributed by atoms with Crippen LogP contribution in [0.4, 0.5) is 0 Å². The van der Waals surface area contributed by atoms with Gasteiger partial charge in [-0.2, -0.15) is 0 Å². The third-order valence-corrected chi connectivity index (χ3v) is 4.69. The van der Waals surface area contributed by atoms with Crippen molar-refractivity contribution < 1.29 is 9.53 Å². The van der Waals surface area contributed by atoms with E-state index in [4.69, 9.17) is 16.3 Å². The number of para-hydroxylation sites is 1. The maximum atomic E-state index is 12.1. The highest BCUT2D eigenvalue weighted by molar-refractivity contribution is 8.00. The number of ether oxygens (including phenoxy) is 1. The molecule has 0 bridgehead atoms. The van der Waals surface area contributed by atoms with Crippen LogP contribution in [0, 0.1) is 0 Å². The van der Waals surface area contributed by atoms with Gasteiger partial charge >= 0.3 is 0 Å². The molecule has 0 aliphatic rings. The summed E-state index contributed by atoms with van der Waals surface area (Å²) in [5.41, 5.74) is 0.959. The van der Waals surface area contributed by atoms with E-state index in [1.165, 1.54) is 11.8 Å². The van der Waals surface area contributed by atoms with Gasteiger partial charge in [0, 0.05) is 10.5 Å². The van der Waals surface area contributed by atoms with Crippen molar-refractivity contribution >= 4 is 29.3 Å². The second kappa shape index (κ2) is 8.11. The van der Waals surface area contributed by atoms with Gasteiger partial charge in [0.1, 0.15) is 5.75 Å². The molecule has 3 nitrogen and oxygen atoms in total. The standard InChI is InChI=1S/C17H18ClNO2S/c1-12(13-7-3-5-9-15(13)21-2)19-17(20)11-22-16-10-6-4-8-14(16)18/h3-10,12H,11H2,1-2H3,(H,19,20). The molecule has 0 spiro atoms. The van der Waals surface area contributed by atoms with E-state index in [1.54, 1.807) is 7.11 Å². The van der Waals surface area contributed by atoms with Crippen molar-refractivity contribution in [3.8, 4) is 5.75 Å². The van der Waals surface area contributed by atoms with Crippen LogP contribution in [0.3, 0.4) is 0 Å². The van der Waals surface area contributed by atoms with E-state index in [2.05, 4.69) is 5.32 Å². The highest BCUT2D eigenvalue weighted by atomic mass is 35.5. The van der Waals surface area contributed by atoms with Gasteiger partial charge in [-0.3, -0.25) is 4.79 Å². The van der Waals surface area contributed by atoms with Crippen LogP contribution in [0.1, 0.15) is 18.5 Å². The predicted octanol–water partition coefficient (Wildman–Crippen LogP) is 4.32. The Kier molecular flexibility index (Phi) is 6.16. The van der Waals surface area contributed by atoms with Gasteiger partial charge in [-0.05, 0) is 25.1 Å². The highest BCUT2D eigenvalue weighted by Crippen LogP contribution is 2.27. The van der Waals surface area contributed by atoms with Crippen LogP contribution in [0.2, 0.25) is 5.02 Å². The molecular formula is C17H18ClNO2S. The first-order valence-corrected chi connectivity index (χ1v) is 8.27. The van der Waals surface area contributed by atoms with E-state index >= 15 is 0 Å². The zero-order chi connectivity index (χ0) is 15.9. The van der Waals surface area contributed by atoms with Crippen LogP contribution in [0.5, 0.6) is 5.75 Å². The minimum absolute atomic E-state index is 0.0386. The van der Waals surface area contributed by atoms with Gasteiger partial charge in [0.05, 0.1) is 23.9 Å². The molecule has 0 aromatic heterocycles. The van der Waals surface area contributed by atoms with Gasteiger partial charge in [0.15, 0.2) is 0 Å². The van der Waals surface area contributed by atoms with Crippen molar-refractivity contribution in [2.45, 2.75) is 17.9 Å². The Bertz CT molecular complexity index is 648. The Labute approximate surface area is 140 Å². The molecule has 22 heavy (non-hydrogen) atoms. The third kappa shape index (κ3) is 4.42. The number of thioether (sulfide) groups is 1. The van der Waals surface area contributed by atoms with Crippen LogP contribution in [-0.2, 0) is 4.79 Å². The fraction of sp³-hybridized carbons (Fsp3) is 0.235. The Morgan fingerprint density at radius 2 is 1.91 bits per heavy atom.